The fourth-order valence-corrected chi connectivity index (χ4v) is 3.27. The Morgan fingerprint density at radius 3 is 2.52 bits per heavy atom. The molecule has 1 fully saturated rings. The van der Waals surface area contributed by atoms with Crippen LogP contribution in [0.1, 0.15) is 6.42 Å². The van der Waals surface area contributed by atoms with Crippen LogP contribution in [0.5, 0.6) is 0 Å². The molecule has 0 bridgehead atoms. The second-order valence-electron chi connectivity index (χ2n) is 4.68. The van der Waals surface area contributed by atoms with Crippen LogP contribution < -0.4 is 10.0 Å². The number of anilines is 1. The summed E-state index contributed by atoms with van der Waals surface area (Å²) in [5, 5.41) is 16.1. The van der Waals surface area contributed by atoms with Crippen LogP contribution in [0.15, 0.2) is 18.2 Å². The van der Waals surface area contributed by atoms with Gasteiger partial charge in [0, 0.05) is 38.3 Å². The molecule has 1 aliphatic heterocycles. The molecule has 1 aromatic carbocycles. The fraction of sp³-hybridized carbons (Fsp3) is 0.455. The minimum absolute atomic E-state index is 0.0789. The van der Waals surface area contributed by atoms with Crippen molar-refractivity contribution in [2.45, 2.75) is 6.42 Å². The Hall–Kier alpha value is -1.42. The highest BCUT2D eigenvalue weighted by atomic mass is 35.5. The summed E-state index contributed by atoms with van der Waals surface area (Å²) in [6.07, 6.45) is 0.601. The van der Waals surface area contributed by atoms with Crippen molar-refractivity contribution in [3.05, 3.63) is 33.3 Å². The van der Waals surface area contributed by atoms with Gasteiger partial charge in [0.05, 0.1) is 15.6 Å². The molecular formula is C11H15ClN4O4S. The molecule has 0 radical (unpaired) electrons. The van der Waals surface area contributed by atoms with E-state index in [1.165, 1.54) is 16.4 Å². The second kappa shape index (κ2) is 6.14. The van der Waals surface area contributed by atoms with Crippen molar-refractivity contribution in [1.82, 2.24) is 4.31 Å². The van der Waals surface area contributed by atoms with Crippen LogP contribution in [-0.4, -0.2) is 43.8 Å². The third-order valence-electron chi connectivity index (χ3n) is 3.30. The first-order valence-electron chi connectivity index (χ1n) is 6.26. The Morgan fingerprint density at radius 1 is 1.24 bits per heavy atom. The molecular weight excluding hydrogens is 320 g/mol. The SMILES string of the molecule is NS(=O)(=O)N1CCCN(c2ccc([N+](=O)[O-])cc2Cl)CC1. The van der Waals surface area contributed by atoms with E-state index in [1.54, 1.807) is 6.07 Å². The van der Waals surface area contributed by atoms with E-state index in [0.717, 1.165) is 0 Å². The van der Waals surface area contributed by atoms with E-state index in [0.29, 0.717) is 31.7 Å². The molecule has 0 aliphatic carbocycles. The van der Waals surface area contributed by atoms with Crippen LogP contribution in [0.3, 0.4) is 0 Å². The van der Waals surface area contributed by atoms with Crippen molar-refractivity contribution >= 4 is 33.2 Å². The summed E-state index contributed by atoms with van der Waals surface area (Å²) in [4.78, 5) is 12.1. The number of halogens is 1. The van der Waals surface area contributed by atoms with Crippen LogP contribution in [0.4, 0.5) is 11.4 Å². The van der Waals surface area contributed by atoms with Crippen LogP contribution in [0.2, 0.25) is 5.02 Å². The molecule has 0 saturated carbocycles. The largest absolute Gasteiger partial charge is 0.369 e. The molecule has 2 N–H and O–H groups in total. The Labute approximate surface area is 127 Å². The van der Waals surface area contributed by atoms with Gasteiger partial charge in [-0.1, -0.05) is 11.6 Å². The van der Waals surface area contributed by atoms with Crippen molar-refractivity contribution in [2.75, 3.05) is 31.1 Å². The van der Waals surface area contributed by atoms with Crippen molar-refractivity contribution in [1.29, 1.82) is 0 Å². The van der Waals surface area contributed by atoms with Gasteiger partial charge in [-0.05, 0) is 12.5 Å². The van der Waals surface area contributed by atoms with Gasteiger partial charge < -0.3 is 4.90 Å². The third kappa shape index (κ3) is 3.82. The number of non-ortho nitro benzene ring substituents is 1. The lowest BCUT2D eigenvalue weighted by atomic mass is 10.2. The van der Waals surface area contributed by atoms with Gasteiger partial charge in [-0.15, -0.1) is 0 Å². The van der Waals surface area contributed by atoms with Gasteiger partial charge in [-0.3, -0.25) is 10.1 Å². The Bertz CT molecular complexity index is 652. The van der Waals surface area contributed by atoms with E-state index in [4.69, 9.17) is 16.7 Å². The van der Waals surface area contributed by atoms with E-state index < -0.39 is 15.1 Å². The Morgan fingerprint density at radius 2 is 1.95 bits per heavy atom. The maximum absolute atomic E-state index is 11.4. The molecule has 21 heavy (non-hydrogen) atoms. The van der Waals surface area contributed by atoms with Gasteiger partial charge in [0.15, 0.2) is 0 Å². The number of nitrogens with zero attached hydrogens (tertiary/aromatic N) is 3. The quantitative estimate of drug-likeness (QED) is 0.654. The van der Waals surface area contributed by atoms with Gasteiger partial charge >= 0.3 is 0 Å². The summed E-state index contributed by atoms with van der Waals surface area (Å²) >= 11 is 6.08. The first-order chi connectivity index (χ1) is 9.79. The normalized spacial score (nSPS) is 17.5. The van der Waals surface area contributed by atoms with E-state index in [2.05, 4.69) is 0 Å². The van der Waals surface area contributed by atoms with E-state index in [9.17, 15) is 18.5 Å². The summed E-state index contributed by atoms with van der Waals surface area (Å²) in [6.45, 7) is 1.63. The summed E-state index contributed by atoms with van der Waals surface area (Å²) in [5.74, 6) is 0. The second-order valence-corrected chi connectivity index (χ2v) is 6.63. The van der Waals surface area contributed by atoms with E-state index >= 15 is 0 Å². The van der Waals surface area contributed by atoms with Gasteiger partial charge in [-0.25, -0.2) is 5.14 Å². The van der Waals surface area contributed by atoms with Crippen molar-refractivity contribution in [3.8, 4) is 0 Å². The number of nitro benzene ring substituents is 1. The fourth-order valence-electron chi connectivity index (χ4n) is 2.25. The maximum atomic E-state index is 11.4. The van der Waals surface area contributed by atoms with Gasteiger partial charge in [-0.2, -0.15) is 12.7 Å². The number of rotatable bonds is 3. The molecule has 2 rings (SSSR count). The topological polar surface area (TPSA) is 110 Å². The average Bonchev–Trinajstić information content (AvgIpc) is 2.63. The number of hydrogen-bond acceptors (Lipinski definition) is 5. The van der Waals surface area contributed by atoms with Crippen LogP contribution in [0, 0.1) is 10.1 Å². The highest BCUT2D eigenvalue weighted by molar-refractivity contribution is 7.86. The zero-order valence-corrected chi connectivity index (χ0v) is 12.7. The molecule has 0 amide bonds. The monoisotopic (exact) mass is 334 g/mol. The summed E-state index contributed by atoms with van der Waals surface area (Å²) in [7, 11) is -3.70. The highest BCUT2D eigenvalue weighted by Crippen LogP contribution is 2.30. The highest BCUT2D eigenvalue weighted by Gasteiger charge is 2.23. The van der Waals surface area contributed by atoms with Crippen LogP contribution >= 0.6 is 11.6 Å². The lowest BCUT2D eigenvalue weighted by molar-refractivity contribution is -0.384. The molecule has 0 aromatic heterocycles. The van der Waals surface area contributed by atoms with E-state index in [-0.39, 0.29) is 17.3 Å². The molecule has 1 saturated heterocycles. The molecule has 0 atom stereocenters. The minimum atomic E-state index is -3.70. The standard InChI is InChI=1S/C11H15ClN4O4S/c12-10-8-9(16(17)18)2-3-11(10)14-4-1-5-15(7-6-14)21(13,19)20/h2-3,8H,1,4-7H2,(H2,13,19,20). The molecule has 10 heteroatoms. The van der Waals surface area contributed by atoms with E-state index in [1.807, 2.05) is 4.90 Å². The van der Waals surface area contributed by atoms with Crippen LogP contribution in [-0.2, 0) is 10.2 Å². The van der Waals surface area contributed by atoms with Gasteiger partial charge in [0.2, 0.25) is 0 Å². The molecule has 116 valence electrons. The van der Waals surface area contributed by atoms with Crippen molar-refractivity contribution in [2.24, 2.45) is 5.14 Å². The summed E-state index contributed by atoms with van der Waals surface area (Å²) in [6, 6.07) is 4.25. The Balaban J connectivity index is 2.18. The van der Waals surface area contributed by atoms with Crippen molar-refractivity contribution < 1.29 is 13.3 Å². The first kappa shape index (κ1) is 16.0. The number of benzene rings is 1. The predicted octanol–water partition coefficient (Wildman–Crippen LogP) is 0.964. The lowest BCUT2D eigenvalue weighted by Crippen LogP contribution is -2.39. The lowest BCUT2D eigenvalue weighted by Gasteiger charge is -2.23. The zero-order valence-electron chi connectivity index (χ0n) is 11.1. The summed E-state index contributed by atoms with van der Waals surface area (Å²) in [5.41, 5.74) is 0.572. The molecule has 8 nitrogen and oxygen atoms in total. The van der Waals surface area contributed by atoms with Crippen molar-refractivity contribution in [3.63, 3.8) is 0 Å². The molecule has 0 unspecified atom stereocenters. The Kier molecular flexibility index (Phi) is 4.67. The molecule has 1 heterocycles. The third-order valence-corrected chi connectivity index (χ3v) is 4.69. The summed E-state index contributed by atoms with van der Waals surface area (Å²) < 4.78 is 23.9. The van der Waals surface area contributed by atoms with Gasteiger partial charge in [0.25, 0.3) is 15.9 Å². The molecule has 0 spiro atoms. The van der Waals surface area contributed by atoms with Crippen LogP contribution in [0.25, 0.3) is 0 Å². The molecule has 1 aromatic rings. The number of hydrogen-bond donors (Lipinski definition) is 1. The minimum Gasteiger partial charge on any atom is -0.369 e. The average molecular weight is 335 g/mol. The maximum Gasteiger partial charge on any atom is 0.276 e. The first-order valence-corrected chi connectivity index (χ1v) is 8.14. The zero-order chi connectivity index (χ0) is 15.6. The number of nitrogens with two attached hydrogens (primary N) is 1. The predicted molar refractivity (Wildman–Crippen MR) is 79.6 cm³/mol. The smallest absolute Gasteiger partial charge is 0.276 e. The molecule has 1 aliphatic rings. The number of nitro groups is 1. The van der Waals surface area contributed by atoms with Gasteiger partial charge in [0.1, 0.15) is 0 Å².